The van der Waals surface area contributed by atoms with E-state index in [9.17, 15) is 9.59 Å². The Morgan fingerprint density at radius 1 is 1.27 bits per heavy atom. The minimum atomic E-state index is -0.409. The summed E-state index contributed by atoms with van der Waals surface area (Å²) < 4.78 is 11.3. The van der Waals surface area contributed by atoms with Gasteiger partial charge in [0.1, 0.15) is 11.5 Å². The molecular weight excluding hydrogens is 402 g/mol. The molecule has 2 amide bonds. The highest BCUT2D eigenvalue weighted by Gasteiger charge is 2.07. The van der Waals surface area contributed by atoms with Gasteiger partial charge in [0.15, 0.2) is 6.61 Å². The topological polar surface area (TPSA) is 92.9 Å². The van der Waals surface area contributed by atoms with Crippen molar-refractivity contribution in [2.75, 3.05) is 6.61 Å². The predicted molar refractivity (Wildman–Crippen MR) is 101 cm³/mol. The number of carbonyl (C=O) groups is 2. The zero-order valence-corrected chi connectivity index (χ0v) is 16.1. The summed E-state index contributed by atoms with van der Waals surface area (Å²) in [4.78, 5) is 23.6. The van der Waals surface area contributed by atoms with E-state index in [2.05, 4.69) is 31.8 Å². The third-order valence-corrected chi connectivity index (χ3v) is 3.89. The van der Waals surface area contributed by atoms with Crippen molar-refractivity contribution < 1.29 is 18.7 Å². The van der Waals surface area contributed by atoms with Crippen molar-refractivity contribution in [3.05, 3.63) is 52.4 Å². The van der Waals surface area contributed by atoms with Crippen LogP contribution in [0, 0.1) is 6.92 Å². The first kappa shape index (κ1) is 19.7. The van der Waals surface area contributed by atoms with E-state index in [1.54, 1.807) is 31.4 Å². The maximum atomic E-state index is 11.8. The SMILES string of the molecule is C/C(CC(=O)NCc1ccco1)=N\NC(=O)COc1ccc(C)cc1Br. The first-order chi connectivity index (χ1) is 12.4. The molecule has 1 heterocycles. The summed E-state index contributed by atoms with van der Waals surface area (Å²) in [6.45, 7) is 3.75. The molecule has 2 aromatic rings. The Labute approximate surface area is 159 Å². The molecule has 0 saturated carbocycles. The zero-order valence-electron chi connectivity index (χ0n) is 14.5. The van der Waals surface area contributed by atoms with Crippen LogP contribution in [0.25, 0.3) is 0 Å². The third kappa shape index (κ3) is 6.72. The Morgan fingerprint density at radius 2 is 2.08 bits per heavy atom. The van der Waals surface area contributed by atoms with Gasteiger partial charge in [0.2, 0.25) is 5.91 Å². The van der Waals surface area contributed by atoms with E-state index in [0.717, 1.165) is 10.0 Å². The maximum absolute atomic E-state index is 11.8. The van der Waals surface area contributed by atoms with Gasteiger partial charge in [0.25, 0.3) is 5.91 Å². The highest BCUT2D eigenvalue weighted by Crippen LogP contribution is 2.25. The molecule has 2 N–H and O–H groups in total. The van der Waals surface area contributed by atoms with E-state index in [4.69, 9.17) is 9.15 Å². The van der Waals surface area contributed by atoms with Crippen molar-refractivity contribution in [2.24, 2.45) is 5.10 Å². The highest BCUT2D eigenvalue weighted by molar-refractivity contribution is 9.10. The summed E-state index contributed by atoms with van der Waals surface area (Å²) in [5.41, 5.74) is 3.93. The van der Waals surface area contributed by atoms with Crippen LogP contribution in [0.1, 0.15) is 24.7 Å². The Balaban J connectivity index is 1.71. The van der Waals surface area contributed by atoms with Crippen LogP contribution in [0.5, 0.6) is 5.75 Å². The standard InChI is InChI=1S/C18H20BrN3O4/c1-12-5-6-16(15(19)8-12)26-11-18(24)22-21-13(2)9-17(23)20-10-14-4-3-7-25-14/h3-8H,9-11H2,1-2H3,(H,20,23)(H,22,24)/b21-13+. The summed E-state index contributed by atoms with van der Waals surface area (Å²) in [6.07, 6.45) is 1.62. The van der Waals surface area contributed by atoms with Gasteiger partial charge >= 0.3 is 0 Å². The van der Waals surface area contributed by atoms with Crippen molar-refractivity contribution in [3.8, 4) is 5.75 Å². The number of amides is 2. The molecule has 0 aliphatic heterocycles. The number of ether oxygens (including phenoxy) is 1. The average molecular weight is 422 g/mol. The van der Waals surface area contributed by atoms with Crippen LogP contribution >= 0.6 is 15.9 Å². The van der Waals surface area contributed by atoms with Gasteiger partial charge in [-0.2, -0.15) is 5.10 Å². The fraction of sp³-hybridized carbons (Fsp3) is 0.278. The fourth-order valence-corrected chi connectivity index (χ4v) is 2.60. The number of nitrogens with zero attached hydrogens (tertiary/aromatic N) is 1. The van der Waals surface area contributed by atoms with Gasteiger partial charge in [-0.25, -0.2) is 5.43 Å². The van der Waals surface area contributed by atoms with Crippen molar-refractivity contribution >= 4 is 33.5 Å². The summed E-state index contributed by atoms with van der Waals surface area (Å²) in [7, 11) is 0. The van der Waals surface area contributed by atoms with Crippen LogP contribution in [0.15, 0.2) is 50.6 Å². The summed E-state index contributed by atoms with van der Waals surface area (Å²) in [5.74, 6) is 0.619. The van der Waals surface area contributed by atoms with Gasteiger partial charge < -0.3 is 14.5 Å². The lowest BCUT2D eigenvalue weighted by Gasteiger charge is -2.08. The molecule has 1 aromatic carbocycles. The number of hydrazone groups is 1. The first-order valence-electron chi connectivity index (χ1n) is 7.94. The van der Waals surface area contributed by atoms with Crippen LogP contribution in [0.2, 0.25) is 0 Å². The van der Waals surface area contributed by atoms with Crippen LogP contribution in [0.4, 0.5) is 0 Å². The fourth-order valence-electron chi connectivity index (χ4n) is 1.99. The van der Waals surface area contributed by atoms with E-state index < -0.39 is 5.91 Å². The molecule has 26 heavy (non-hydrogen) atoms. The molecule has 0 bridgehead atoms. The van der Waals surface area contributed by atoms with Crippen molar-refractivity contribution in [3.63, 3.8) is 0 Å². The van der Waals surface area contributed by atoms with Gasteiger partial charge in [-0.15, -0.1) is 0 Å². The lowest BCUT2D eigenvalue weighted by molar-refractivity contribution is -0.123. The number of hydrogen-bond donors (Lipinski definition) is 2. The number of rotatable bonds is 8. The van der Waals surface area contributed by atoms with Crippen LogP contribution < -0.4 is 15.5 Å². The van der Waals surface area contributed by atoms with Gasteiger partial charge in [0.05, 0.1) is 23.7 Å². The van der Waals surface area contributed by atoms with Gasteiger partial charge in [-0.1, -0.05) is 6.07 Å². The van der Waals surface area contributed by atoms with E-state index in [-0.39, 0.29) is 18.9 Å². The van der Waals surface area contributed by atoms with E-state index in [1.165, 1.54) is 0 Å². The molecule has 0 saturated heterocycles. The quantitative estimate of drug-likeness (QED) is 0.506. The molecule has 7 nitrogen and oxygen atoms in total. The van der Waals surface area contributed by atoms with Crippen molar-refractivity contribution in [1.29, 1.82) is 0 Å². The molecule has 0 unspecified atom stereocenters. The average Bonchev–Trinajstić information content (AvgIpc) is 3.11. The molecule has 0 aliphatic carbocycles. The smallest absolute Gasteiger partial charge is 0.277 e. The zero-order chi connectivity index (χ0) is 18.9. The number of benzene rings is 1. The summed E-state index contributed by atoms with van der Waals surface area (Å²) >= 11 is 3.38. The van der Waals surface area contributed by atoms with E-state index >= 15 is 0 Å². The molecule has 1 aromatic heterocycles. The highest BCUT2D eigenvalue weighted by atomic mass is 79.9. The molecule has 0 radical (unpaired) electrons. The maximum Gasteiger partial charge on any atom is 0.277 e. The second-order valence-corrected chi connectivity index (χ2v) is 6.49. The summed E-state index contributed by atoms with van der Waals surface area (Å²) in [6, 6.07) is 9.10. The lowest BCUT2D eigenvalue weighted by Crippen LogP contribution is -2.28. The molecule has 0 atom stereocenters. The molecule has 0 spiro atoms. The van der Waals surface area contributed by atoms with E-state index in [0.29, 0.717) is 23.8 Å². The second kappa shape index (κ2) is 9.76. The van der Waals surface area contributed by atoms with Crippen LogP contribution in [-0.2, 0) is 16.1 Å². The van der Waals surface area contributed by atoms with Gasteiger partial charge in [-0.05, 0) is 59.6 Å². The number of hydrogen-bond acceptors (Lipinski definition) is 5. The van der Waals surface area contributed by atoms with Gasteiger partial charge in [0, 0.05) is 5.71 Å². The van der Waals surface area contributed by atoms with Crippen molar-refractivity contribution in [2.45, 2.75) is 26.8 Å². The molecule has 138 valence electrons. The summed E-state index contributed by atoms with van der Waals surface area (Å²) in [5, 5.41) is 6.60. The minimum Gasteiger partial charge on any atom is -0.483 e. The number of nitrogens with one attached hydrogen (secondary N) is 2. The Hall–Kier alpha value is -2.61. The number of carbonyl (C=O) groups excluding carboxylic acids is 2. The molecular formula is C18H20BrN3O4. The van der Waals surface area contributed by atoms with Crippen LogP contribution in [-0.4, -0.2) is 24.1 Å². The van der Waals surface area contributed by atoms with Crippen molar-refractivity contribution in [1.82, 2.24) is 10.7 Å². The Kier molecular flexibility index (Phi) is 7.40. The first-order valence-corrected chi connectivity index (χ1v) is 8.73. The lowest BCUT2D eigenvalue weighted by atomic mass is 10.2. The van der Waals surface area contributed by atoms with E-state index in [1.807, 2.05) is 19.1 Å². The predicted octanol–water partition coefficient (Wildman–Crippen LogP) is 2.93. The Morgan fingerprint density at radius 3 is 2.77 bits per heavy atom. The van der Waals surface area contributed by atoms with Gasteiger partial charge in [-0.3, -0.25) is 9.59 Å². The van der Waals surface area contributed by atoms with Crippen LogP contribution in [0.3, 0.4) is 0 Å². The molecule has 2 rings (SSSR count). The molecule has 0 fully saturated rings. The Bertz CT molecular complexity index is 788. The largest absolute Gasteiger partial charge is 0.483 e. The second-order valence-electron chi connectivity index (χ2n) is 5.64. The monoisotopic (exact) mass is 421 g/mol. The number of halogens is 1. The number of furan rings is 1. The molecule has 8 heteroatoms. The third-order valence-electron chi connectivity index (χ3n) is 3.27. The minimum absolute atomic E-state index is 0.0748. The molecule has 0 aliphatic rings. The number of aryl methyl sites for hydroxylation is 1. The normalized spacial score (nSPS) is 11.1.